The number of nitrogens with two attached hydrogens (primary N) is 1. The van der Waals surface area contributed by atoms with Gasteiger partial charge in [-0.25, -0.2) is 0 Å². The molecule has 1 saturated heterocycles. The monoisotopic (exact) mass is 364 g/mol. The second kappa shape index (κ2) is 5.84. The van der Waals surface area contributed by atoms with Crippen molar-refractivity contribution in [3.63, 3.8) is 0 Å². The number of hydrogen-bond acceptors (Lipinski definition) is 4. The van der Waals surface area contributed by atoms with Crippen LogP contribution in [-0.4, -0.2) is 25.2 Å². The van der Waals surface area contributed by atoms with Gasteiger partial charge in [0.1, 0.15) is 19.3 Å². The molecule has 5 nitrogen and oxygen atoms in total. The number of hydrogen-bond donors (Lipinski definition) is 1. The highest BCUT2D eigenvalue weighted by atomic mass is 35.5. The van der Waals surface area contributed by atoms with Crippen LogP contribution in [0.2, 0.25) is 10.0 Å². The zero-order valence-electron chi connectivity index (χ0n) is 12.5. The molecule has 0 unspecified atom stereocenters. The maximum atomic E-state index is 12.4. The van der Waals surface area contributed by atoms with Crippen LogP contribution in [0, 0.1) is 0 Å². The number of carbonyl (C=O) groups is 1. The number of halogens is 2. The van der Waals surface area contributed by atoms with Gasteiger partial charge in [-0.05, 0) is 29.8 Å². The van der Waals surface area contributed by atoms with Gasteiger partial charge in [-0.3, -0.25) is 4.79 Å². The van der Waals surface area contributed by atoms with Gasteiger partial charge in [0.05, 0.1) is 6.04 Å². The average molecular weight is 365 g/mol. The first-order chi connectivity index (χ1) is 11.6. The van der Waals surface area contributed by atoms with Gasteiger partial charge in [-0.2, -0.15) is 0 Å². The van der Waals surface area contributed by atoms with E-state index in [1.807, 2.05) is 6.07 Å². The summed E-state index contributed by atoms with van der Waals surface area (Å²) in [4.78, 5) is 14.0. The number of ether oxygens (including phenoxy) is 2. The van der Waals surface area contributed by atoms with Crippen molar-refractivity contribution < 1.29 is 14.3 Å². The Balaban J connectivity index is 1.72. The van der Waals surface area contributed by atoms with Crippen LogP contribution in [0.5, 0.6) is 11.5 Å². The zero-order chi connectivity index (χ0) is 16.8. The molecule has 1 amide bonds. The van der Waals surface area contributed by atoms with E-state index in [4.69, 9.17) is 38.4 Å². The van der Waals surface area contributed by atoms with Gasteiger partial charge in [0.2, 0.25) is 5.91 Å². The zero-order valence-corrected chi connectivity index (χ0v) is 14.1. The lowest BCUT2D eigenvalue weighted by Gasteiger charge is -2.46. The number of fused-ring (bicyclic) bond motifs is 1. The predicted octanol–water partition coefficient (Wildman–Crippen LogP) is 3.18. The van der Waals surface area contributed by atoms with Crippen LogP contribution in [0.15, 0.2) is 36.4 Å². The Morgan fingerprint density at radius 1 is 1.04 bits per heavy atom. The number of amides is 1. The first-order valence-corrected chi connectivity index (χ1v) is 8.25. The maximum absolute atomic E-state index is 12.4. The second-order valence-corrected chi connectivity index (χ2v) is 6.52. The van der Waals surface area contributed by atoms with Crippen molar-refractivity contribution in [1.29, 1.82) is 0 Å². The molecule has 0 radical (unpaired) electrons. The lowest BCUT2D eigenvalue weighted by atomic mass is 9.88. The molecule has 1 fully saturated rings. The standard InChI is InChI=1S/C17H14Cl2N2O3/c18-9-1-3-11(12(19)7-9)16-15(20)17(22)21(16)10-2-4-13-14(8-10)24-6-5-23-13/h1-4,7-8,15-16H,5-6,20H2/t15-,16+/m0/s1. The molecule has 24 heavy (non-hydrogen) atoms. The number of nitrogens with zero attached hydrogens (tertiary/aromatic N) is 1. The Labute approximate surface area is 148 Å². The first-order valence-electron chi connectivity index (χ1n) is 7.49. The molecule has 2 heterocycles. The molecule has 4 rings (SSSR count). The Morgan fingerprint density at radius 2 is 1.79 bits per heavy atom. The topological polar surface area (TPSA) is 64.8 Å². The van der Waals surface area contributed by atoms with Crippen molar-refractivity contribution in [3.8, 4) is 11.5 Å². The molecule has 2 aromatic carbocycles. The maximum Gasteiger partial charge on any atom is 0.247 e. The Kier molecular flexibility index (Phi) is 3.79. The lowest BCUT2D eigenvalue weighted by Crippen LogP contribution is -2.63. The van der Waals surface area contributed by atoms with E-state index in [0.717, 1.165) is 5.56 Å². The van der Waals surface area contributed by atoms with E-state index in [9.17, 15) is 4.79 Å². The molecule has 0 aliphatic carbocycles. The summed E-state index contributed by atoms with van der Waals surface area (Å²) < 4.78 is 11.1. The highest BCUT2D eigenvalue weighted by Crippen LogP contribution is 2.44. The van der Waals surface area contributed by atoms with Gasteiger partial charge in [0, 0.05) is 21.8 Å². The minimum atomic E-state index is -0.642. The first kappa shape index (κ1) is 15.6. The summed E-state index contributed by atoms with van der Waals surface area (Å²) in [6.07, 6.45) is 0. The molecule has 0 spiro atoms. The summed E-state index contributed by atoms with van der Waals surface area (Å²) >= 11 is 12.2. The Bertz CT molecular complexity index is 827. The SMILES string of the molecule is N[C@@H]1C(=O)N(c2ccc3c(c2)OCCO3)[C@@H]1c1ccc(Cl)cc1Cl. The van der Waals surface area contributed by atoms with Crippen molar-refractivity contribution in [3.05, 3.63) is 52.0 Å². The van der Waals surface area contributed by atoms with Crippen LogP contribution in [0.4, 0.5) is 5.69 Å². The van der Waals surface area contributed by atoms with Crippen LogP contribution in [0.25, 0.3) is 0 Å². The normalized spacial score (nSPS) is 22.3. The van der Waals surface area contributed by atoms with E-state index in [1.165, 1.54) is 0 Å². The lowest BCUT2D eigenvalue weighted by molar-refractivity contribution is -0.126. The van der Waals surface area contributed by atoms with Crippen molar-refractivity contribution in [2.75, 3.05) is 18.1 Å². The molecule has 2 aromatic rings. The number of β-lactam (4-membered cyclic amide) rings is 1. The Hall–Kier alpha value is -1.95. The fraction of sp³-hybridized carbons (Fsp3) is 0.235. The number of anilines is 1. The van der Waals surface area contributed by atoms with E-state index >= 15 is 0 Å². The van der Waals surface area contributed by atoms with Crippen molar-refractivity contribution in [1.82, 2.24) is 0 Å². The Morgan fingerprint density at radius 3 is 2.54 bits per heavy atom. The van der Waals surface area contributed by atoms with Gasteiger partial charge >= 0.3 is 0 Å². The average Bonchev–Trinajstić information content (AvgIpc) is 2.59. The highest BCUT2D eigenvalue weighted by Gasteiger charge is 2.47. The van der Waals surface area contributed by atoms with E-state index < -0.39 is 6.04 Å². The van der Waals surface area contributed by atoms with E-state index in [-0.39, 0.29) is 11.9 Å². The largest absolute Gasteiger partial charge is 0.486 e. The number of rotatable bonds is 2. The van der Waals surface area contributed by atoms with E-state index in [2.05, 4.69) is 0 Å². The highest BCUT2D eigenvalue weighted by molar-refractivity contribution is 6.35. The molecule has 2 N–H and O–H groups in total. The summed E-state index contributed by atoms with van der Waals surface area (Å²) in [5, 5.41) is 1.02. The van der Waals surface area contributed by atoms with Gasteiger partial charge in [-0.15, -0.1) is 0 Å². The van der Waals surface area contributed by atoms with Crippen LogP contribution in [-0.2, 0) is 4.79 Å². The summed E-state index contributed by atoms with van der Waals surface area (Å²) in [5.41, 5.74) is 7.49. The molecule has 0 saturated carbocycles. The summed E-state index contributed by atoms with van der Waals surface area (Å²) in [6, 6.07) is 9.59. The number of carbonyl (C=O) groups excluding carboxylic acids is 1. The van der Waals surface area contributed by atoms with Gasteiger partial charge in [0.15, 0.2) is 11.5 Å². The third-order valence-electron chi connectivity index (χ3n) is 4.23. The van der Waals surface area contributed by atoms with Crippen LogP contribution in [0.1, 0.15) is 11.6 Å². The summed E-state index contributed by atoms with van der Waals surface area (Å²) in [5.74, 6) is 1.12. The smallest absolute Gasteiger partial charge is 0.247 e. The molecule has 124 valence electrons. The summed E-state index contributed by atoms with van der Waals surface area (Å²) in [6.45, 7) is 0.999. The minimum Gasteiger partial charge on any atom is -0.486 e. The molecule has 2 aliphatic heterocycles. The third-order valence-corrected chi connectivity index (χ3v) is 4.79. The summed E-state index contributed by atoms with van der Waals surface area (Å²) in [7, 11) is 0. The van der Waals surface area contributed by atoms with E-state index in [1.54, 1.807) is 35.2 Å². The van der Waals surface area contributed by atoms with Gasteiger partial charge < -0.3 is 20.1 Å². The molecular weight excluding hydrogens is 351 g/mol. The van der Waals surface area contributed by atoms with Crippen molar-refractivity contribution in [2.24, 2.45) is 5.73 Å². The number of benzene rings is 2. The van der Waals surface area contributed by atoms with Crippen molar-refractivity contribution in [2.45, 2.75) is 12.1 Å². The third kappa shape index (κ3) is 2.40. The molecule has 7 heteroatoms. The quantitative estimate of drug-likeness (QED) is 0.831. The molecule has 2 aliphatic rings. The fourth-order valence-electron chi connectivity index (χ4n) is 3.05. The molecule has 2 atom stereocenters. The van der Waals surface area contributed by atoms with Gasteiger partial charge in [-0.1, -0.05) is 29.3 Å². The second-order valence-electron chi connectivity index (χ2n) is 5.67. The molecular formula is C17H14Cl2N2O3. The van der Waals surface area contributed by atoms with Gasteiger partial charge in [0.25, 0.3) is 0 Å². The van der Waals surface area contributed by atoms with Crippen LogP contribution < -0.4 is 20.1 Å². The van der Waals surface area contributed by atoms with Crippen LogP contribution >= 0.6 is 23.2 Å². The fourth-order valence-corrected chi connectivity index (χ4v) is 3.58. The predicted molar refractivity (Wildman–Crippen MR) is 92.1 cm³/mol. The minimum absolute atomic E-state index is 0.164. The van der Waals surface area contributed by atoms with Crippen molar-refractivity contribution >= 4 is 34.8 Å². The van der Waals surface area contributed by atoms with Crippen LogP contribution in [0.3, 0.4) is 0 Å². The molecule has 0 bridgehead atoms. The molecule has 0 aromatic heterocycles. The van der Waals surface area contributed by atoms with E-state index in [0.29, 0.717) is 40.4 Å².